The lowest BCUT2D eigenvalue weighted by Crippen LogP contribution is -2.03. The molecule has 0 aromatic heterocycles. The van der Waals surface area contributed by atoms with Crippen molar-refractivity contribution in [2.75, 3.05) is 0 Å². The van der Waals surface area contributed by atoms with Crippen molar-refractivity contribution in [1.29, 1.82) is 0 Å². The molecule has 0 amide bonds. The van der Waals surface area contributed by atoms with Gasteiger partial charge in [0, 0.05) is 0 Å². The Morgan fingerprint density at radius 2 is 0.625 bits per heavy atom. The van der Waals surface area contributed by atoms with Crippen LogP contribution in [0.1, 0.15) is 213 Å². The molecule has 0 N–H and O–H groups in total. The summed E-state index contributed by atoms with van der Waals surface area (Å²) < 4.78 is 0. The summed E-state index contributed by atoms with van der Waals surface area (Å²) in [5, 5.41) is 0. The second-order valence-electron chi connectivity index (χ2n) is 14.0. The number of rotatable bonds is 32. The zero-order valence-electron chi connectivity index (χ0n) is 28.3. The molecule has 0 aromatic carbocycles. The van der Waals surface area contributed by atoms with Gasteiger partial charge in [-0.25, -0.2) is 0 Å². The molecule has 0 unspecified atom stereocenters. The Balaban J connectivity index is 3.08. The summed E-state index contributed by atoms with van der Waals surface area (Å²) in [5.41, 5.74) is 0.530. The Morgan fingerprint density at radius 3 is 0.900 bits per heavy atom. The number of unbranched alkanes of at least 4 members (excludes halogenated alkanes) is 28. The molecule has 0 fully saturated rings. The van der Waals surface area contributed by atoms with E-state index in [0.717, 1.165) is 0 Å². The average molecular weight is 557 g/mol. The third-order valence-electron chi connectivity index (χ3n) is 8.54. The standard InChI is InChI=1S/C40H76/c1-5-6-7-8-9-10-11-12-13-14-15-16-17-18-19-20-21-22-23-24-25-26-27-28-29-30-31-32-33-34-35-36-37-38-39-40(2,3)4/h5-9H,1,10-39H2,2-4H3. The Labute approximate surface area is 255 Å². The lowest BCUT2D eigenvalue weighted by atomic mass is 9.89. The topological polar surface area (TPSA) is 0 Å². The molecule has 0 aliphatic carbocycles. The Kier molecular flexibility index (Phi) is 32.1. The summed E-state index contributed by atoms with van der Waals surface area (Å²) in [6, 6.07) is 0. The lowest BCUT2D eigenvalue weighted by Gasteiger charge is -2.17. The number of allylic oxidation sites excluding steroid dienone is 5. The molecule has 0 radical (unpaired) electrons. The van der Waals surface area contributed by atoms with E-state index in [1.165, 1.54) is 193 Å². The lowest BCUT2D eigenvalue weighted by molar-refractivity contribution is 0.356. The minimum Gasteiger partial charge on any atom is -0.0991 e. The van der Waals surface area contributed by atoms with Gasteiger partial charge < -0.3 is 0 Å². The predicted molar refractivity (Wildman–Crippen MR) is 186 cm³/mol. The molecule has 0 heteroatoms. The van der Waals surface area contributed by atoms with Gasteiger partial charge in [0.15, 0.2) is 0 Å². The summed E-state index contributed by atoms with van der Waals surface area (Å²) in [6.07, 6.45) is 53.9. The first-order valence-corrected chi connectivity index (χ1v) is 18.5. The fraction of sp³-hybridized carbons (Fsp3) is 0.850. The van der Waals surface area contributed by atoms with Crippen molar-refractivity contribution in [3.05, 3.63) is 37.0 Å². The summed E-state index contributed by atoms with van der Waals surface area (Å²) in [5.74, 6) is 0. The van der Waals surface area contributed by atoms with Gasteiger partial charge in [0.05, 0.1) is 0 Å². The fourth-order valence-corrected chi connectivity index (χ4v) is 5.83. The molecular weight excluding hydrogens is 480 g/mol. The first-order valence-electron chi connectivity index (χ1n) is 18.5. The highest BCUT2D eigenvalue weighted by Gasteiger charge is 2.08. The zero-order chi connectivity index (χ0) is 29.2. The highest BCUT2D eigenvalue weighted by Crippen LogP contribution is 2.23. The third-order valence-corrected chi connectivity index (χ3v) is 8.54. The third kappa shape index (κ3) is 37.2. The van der Waals surface area contributed by atoms with Gasteiger partial charge in [0.25, 0.3) is 0 Å². The molecule has 0 aliphatic heterocycles. The molecule has 0 spiro atoms. The second-order valence-corrected chi connectivity index (χ2v) is 14.0. The van der Waals surface area contributed by atoms with Crippen LogP contribution in [0.3, 0.4) is 0 Å². The predicted octanol–water partition coefficient (Wildman–Crippen LogP) is 15.0. The minimum absolute atomic E-state index is 0.530. The van der Waals surface area contributed by atoms with Gasteiger partial charge in [-0.3, -0.25) is 0 Å². The Morgan fingerprint density at radius 1 is 0.350 bits per heavy atom. The van der Waals surface area contributed by atoms with Crippen LogP contribution < -0.4 is 0 Å². The van der Waals surface area contributed by atoms with Crippen LogP contribution in [0.5, 0.6) is 0 Å². The molecule has 0 aliphatic rings. The smallest absolute Gasteiger partial charge is 0.0348 e. The Bertz CT molecular complexity index is 531. The first-order chi connectivity index (χ1) is 19.6. The molecule has 0 heterocycles. The maximum atomic E-state index is 3.68. The highest BCUT2D eigenvalue weighted by molar-refractivity contribution is 5.08. The molecule has 0 atom stereocenters. The molecule has 40 heavy (non-hydrogen) atoms. The van der Waals surface area contributed by atoms with E-state index in [0.29, 0.717) is 5.41 Å². The summed E-state index contributed by atoms with van der Waals surface area (Å²) in [6.45, 7) is 10.8. The number of hydrogen-bond donors (Lipinski definition) is 0. The van der Waals surface area contributed by atoms with Gasteiger partial charge in [-0.15, -0.1) is 0 Å². The Hall–Kier alpha value is -0.780. The van der Waals surface area contributed by atoms with E-state index in [-0.39, 0.29) is 0 Å². The van der Waals surface area contributed by atoms with Crippen LogP contribution in [0, 0.1) is 5.41 Å². The van der Waals surface area contributed by atoms with E-state index in [9.17, 15) is 0 Å². The molecule has 0 rings (SSSR count). The van der Waals surface area contributed by atoms with Crippen LogP contribution in [0.2, 0.25) is 0 Å². The normalized spacial score (nSPS) is 12.3. The van der Waals surface area contributed by atoms with Crippen molar-refractivity contribution in [3.63, 3.8) is 0 Å². The molecular formula is C40H76. The molecule has 0 bridgehead atoms. The summed E-state index contributed by atoms with van der Waals surface area (Å²) >= 11 is 0. The molecule has 0 saturated carbocycles. The van der Waals surface area contributed by atoms with Crippen molar-refractivity contribution in [1.82, 2.24) is 0 Å². The van der Waals surface area contributed by atoms with Crippen LogP contribution in [-0.2, 0) is 0 Å². The molecule has 236 valence electrons. The number of hydrogen-bond acceptors (Lipinski definition) is 0. The summed E-state index contributed by atoms with van der Waals surface area (Å²) in [7, 11) is 0. The van der Waals surface area contributed by atoms with Crippen LogP contribution >= 0.6 is 0 Å². The maximum Gasteiger partial charge on any atom is -0.0348 e. The largest absolute Gasteiger partial charge is 0.0991 e. The van der Waals surface area contributed by atoms with E-state index >= 15 is 0 Å². The van der Waals surface area contributed by atoms with Crippen molar-refractivity contribution < 1.29 is 0 Å². The first kappa shape index (κ1) is 39.2. The molecule has 0 saturated heterocycles. The quantitative estimate of drug-likeness (QED) is 0.0571. The van der Waals surface area contributed by atoms with Gasteiger partial charge in [-0.1, -0.05) is 231 Å². The van der Waals surface area contributed by atoms with E-state index in [1.54, 1.807) is 0 Å². The average Bonchev–Trinajstić information content (AvgIpc) is 2.92. The van der Waals surface area contributed by atoms with Crippen molar-refractivity contribution >= 4 is 0 Å². The van der Waals surface area contributed by atoms with Gasteiger partial charge >= 0.3 is 0 Å². The van der Waals surface area contributed by atoms with E-state index in [1.807, 2.05) is 12.2 Å². The zero-order valence-corrected chi connectivity index (χ0v) is 28.3. The van der Waals surface area contributed by atoms with Crippen LogP contribution in [-0.4, -0.2) is 0 Å². The van der Waals surface area contributed by atoms with Crippen LogP contribution in [0.15, 0.2) is 37.0 Å². The van der Waals surface area contributed by atoms with Gasteiger partial charge in [0.2, 0.25) is 0 Å². The van der Waals surface area contributed by atoms with E-state index < -0.39 is 0 Å². The van der Waals surface area contributed by atoms with Crippen molar-refractivity contribution in [3.8, 4) is 0 Å². The molecule has 0 nitrogen and oxygen atoms in total. The van der Waals surface area contributed by atoms with Crippen molar-refractivity contribution in [2.45, 2.75) is 213 Å². The van der Waals surface area contributed by atoms with Gasteiger partial charge in [0.1, 0.15) is 0 Å². The van der Waals surface area contributed by atoms with Crippen LogP contribution in [0.25, 0.3) is 0 Å². The molecule has 0 aromatic rings. The van der Waals surface area contributed by atoms with E-state index in [4.69, 9.17) is 0 Å². The summed E-state index contributed by atoms with van der Waals surface area (Å²) in [4.78, 5) is 0. The monoisotopic (exact) mass is 557 g/mol. The second kappa shape index (κ2) is 32.7. The fourth-order valence-electron chi connectivity index (χ4n) is 5.83. The van der Waals surface area contributed by atoms with Crippen LogP contribution in [0.4, 0.5) is 0 Å². The van der Waals surface area contributed by atoms with Gasteiger partial charge in [-0.05, 0) is 24.7 Å². The minimum atomic E-state index is 0.530. The van der Waals surface area contributed by atoms with Crippen molar-refractivity contribution in [2.24, 2.45) is 5.41 Å². The SMILES string of the molecule is C=CC=CC=CCCCCCCCCCCCCCCCCCCCCCCCCCCCCCCC(C)(C)C. The van der Waals surface area contributed by atoms with E-state index in [2.05, 4.69) is 45.6 Å². The van der Waals surface area contributed by atoms with Gasteiger partial charge in [-0.2, -0.15) is 0 Å². The highest BCUT2D eigenvalue weighted by atomic mass is 14.1. The maximum absolute atomic E-state index is 3.68.